The van der Waals surface area contributed by atoms with Crippen LogP contribution >= 0.6 is 0 Å². The molecule has 1 heterocycles. The van der Waals surface area contributed by atoms with E-state index < -0.39 is 15.9 Å². The van der Waals surface area contributed by atoms with E-state index in [9.17, 15) is 13.2 Å². The molecule has 0 radical (unpaired) electrons. The summed E-state index contributed by atoms with van der Waals surface area (Å²) in [4.78, 5) is 12.9. The molecule has 3 rings (SSSR count). The lowest BCUT2D eigenvalue weighted by atomic mass is 10.1. The lowest BCUT2D eigenvalue weighted by Gasteiger charge is -2.26. The maximum atomic E-state index is 13.0. The minimum atomic E-state index is -3.64. The van der Waals surface area contributed by atoms with Crippen LogP contribution in [0.5, 0.6) is 11.5 Å². The van der Waals surface area contributed by atoms with Gasteiger partial charge in [0.1, 0.15) is 11.5 Å². The number of hydrogen-bond acceptors (Lipinski definition) is 5. The number of methoxy groups -OCH3 is 1. The quantitative estimate of drug-likeness (QED) is 0.670. The third-order valence-electron chi connectivity index (χ3n) is 5.12. The van der Waals surface area contributed by atoms with Gasteiger partial charge in [-0.15, -0.1) is 0 Å². The Morgan fingerprint density at radius 2 is 1.74 bits per heavy atom. The number of carbonyl (C=O) groups is 1. The lowest BCUT2D eigenvalue weighted by molar-refractivity contribution is 0.0947. The van der Waals surface area contributed by atoms with E-state index in [0.717, 1.165) is 30.6 Å². The number of sulfonamides is 1. The number of rotatable bonds is 8. The van der Waals surface area contributed by atoms with Gasteiger partial charge >= 0.3 is 0 Å². The summed E-state index contributed by atoms with van der Waals surface area (Å²) in [6.07, 6.45) is 2.83. The van der Waals surface area contributed by atoms with Crippen molar-refractivity contribution in [3.05, 3.63) is 53.6 Å². The largest absolute Gasteiger partial charge is 0.496 e. The highest BCUT2D eigenvalue weighted by Gasteiger charge is 2.27. The van der Waals surface area contributed by atoms with Crippen molar-refractivity contribution in [3.8, 4) is 11.5 Å². The molecule has 0 bridgehead atoms. The van der Waals surface area contributed by atoms with Crippen LogP contribution in [0.1, 0.15) is 49.0 Å². The van der Waals surface area contributed by atoms with E-state index in [1.807, 2.05) is 38.1 Å². The van der Waals surface area contributed by atoms with Crippen molar-refractivity contribution in [3.63, 3.8) is 0 Å². The van der Waals surface area contributed by atoms with Crippen LogP contribution in [0.3, 0.4) is 0 Å². The highest BCUT2D eigenvalue weighted by atomic mass is 32.2. The van der Waals surface area contributed by atoms with E-state index in [2.05, 4.69) is 5.32 Å². The molecule has 0 spiro atoms. The summed E-state index contributed by atoms with van der Waals surface area (Å²) in [6.45, 7) is 5.23. The second-order valence-electron chi connectivity index (χ2n) is 7.82. The monoisotopic (exact) mass is 446 g/mol. The van der Waals surface area contributed by atoms with Crippen LogP contribution in [0.25, 0.3) is 0 Å². The topological polar surface area (TPSA) is 84.9 Å². The van der Waals surface area contributed by atoms with E-state index in [0.29, 0.717) is 25.4 Å². The van der Waals surface area contributed by atoms with Gasteiger partial charge in [-0.25, -0.2) is 8.42 Å². The molecule has 1 aliphatic heterocycles. The summed E-state index contributed by atoms with van der Waals surface area (Å²) in [5, 5.41) is 2.84. The molecule has 0 unspecified atom stereocenters. The van der Waals surface area contributed by atoms with Gasteiger partial charge in [0.05, 0.1) is 23.7 Å². The Bertz CT molecular complexity index is 997. The number of hydrogen-bond donors (Lipinski definition) is 1. The zero-order chi connectivity index (χ0) is 22.4. The third kappa shape index (κ3) is 5.77. The molecular weight excluding hydrogens is 416 g/mol. The Kier molecular flexibility index (Phi) is 7.56. The molecular formula is C23H30N2O5S. The second-order valence-corrected chi connectivity index (χ2v) is 9.76. The SMILES string of the molecule is COc1ccc(S(=O)(=O)N2CCCCC2)cc1C(=O)NCc1ccc(OC(C)C)cc1. The molecule has 8 heteroatoms. The van der Waals surface area contributed by atoms with Crippen LogP contribution in [-0.2, 0) is 16.6 Å². The first-order chi connectivity index (χ1) is 14.8. The highest BCUT2D eigenvalue weighted by Crippen LogP contribution is 2.26. The molecule has 7 nitrogen and oxygen atoms in total. The molecule has 0 atom stereocenters. The predicted octanol–water partition coefficient (Wildman–Crippen LogP) is 3.59. The van der Waals surface area contributed by atoms with E-state index in [4.69, 9.17) is 9.47 Å². The lowest BCUT2D eigenvalue weighted by Crippen LogP contribution is -2.35. The number of nitrogens with zero attached hydrogens (tertiary/aromatic N) is 1. The molecule has 1 amide bonds. The van der Waals surface area contributed by atoms with Gasteiger partial charge in [-0.2, -0.15) is 4.31 Å². The fourth-order valence-electron chi connectivity index (χ4n) is 3.51. The van der Waals surface area contributed by atoms with Crippen molar-refractivity contribution in [2.75, 3.05) is 20.2 Å². The first-order valence-corrected chi connectivity index (χ1v) is 12.0. The van der Waals surface area contributed by atoms with Crippen LogP contribution in [-0.4, -0.2) is 44.9 Å². The maximum Gasteiger partial charge on any atom is 0.255 e. The van der Waals surface area contributed by atoms with Crippen molar-refractivity contribution in [1.82, 2.24) is 9.62 Å². The minimum Gasteiger partial charge on any atom is -0.496 e. The molecule has 1 aliphatic rings. The van der Waals surface area contributed by atoms with Gasteiger partial charge in [0.15, 0.2) is 0 Å². The van der Waals surface area contributed by atoms with Crippen LogP contribution in [0.2, 0.25) is 0 Å². The number of piperidine rings is 1. The standard InChI is InChI=1S/C23H30N2O5S/c1-17(2)30-19-9-7-18(8-10-19)16-24-23(26)21-15-20(11-12-22(21)29-3)31(27,28)25-13-5-4-6-14-25/h7-12,15,17H,4-6,13-14,16H2,1-3H3,(H,24,26). The Morgan fingerprint density at radius 1 is 1.06 bits per heavy atom. The van der Waals surface area contributed by atoms with E-state index in [1.165, 1.54) is 29.6 Å². The molecule has 0 aromatic heterocycles. The number of carbonyl (C=O) groups excluding carboxylic acids is 1. The van der Waals surface area contributed by atoms with Gasteiger partial charge in [-0.05, 0) is 62.6 Å². The summed E-state index contributed by atoms with van der Waals surface area (Å²) in [5.41, 5.74) is 1.10. The van der Waals surface area contributed by atoms with E-state index in [1.54, 1.807) is 0 Å². The van der Waals surface area contributed by atoms with Crippen molar-refractivity contribution in [2.45, 2.75) is 50.7 Å². The van der Waals surface area contributed by atoms with Crippen LogP contribution < -0.4 is 14.8 Å². The Balaban J connectivity index is 1.74. The van der Waals surface area contributed by atoms with Gasteiger partial charge in [-0.1, -0.05) is 18.6 Å². The predicted molar refractivity (Wildman–Crippen MR) is 119 cm³/mol. The fraction of sp³-hybridized carbons (Fsp3) is 0.435. The molecule has 168 valence electrons. The van der Waals surface area contributed by atoms with Crippen molar-refractivity contribution < 1.29 is 22.7 Å². The zero-order valence-corrected chi connectivity index (χ0v) is 19.1. The van der Waals surface area contributed by atoms with Crippen LogP contribution in [0.4, 0.5) is 0 Å². The van der Waals surface area contributed by atoms with Crippen molar-refractivity contribution in [1.29, 1.82) is 0 Å². The van der Waals surface area contributed by atoms with Gasteiger partial charge in [0.2, 0.25) is 10.0 Å². The van der Waals surface area contributed by atoms with Gasteiger partial charge in [0.25, 0.3) is 5.91 Å². The van der Waals surface area contributed by atoms with Crippen molar-refractivity contribution >= 4 is 15.9 Å². The zero-order valence-electron chi connectivity index (χ0n) is 18.3. The third-order valence-corrected chi connectivity index (χ3v) is 7.01. The number of nitrogens with one attached hydrogen (secondary N) is 1. The molecule has 2 aromatic carbocycles. The minimum absolute atomic E-state index is 0.0894. The van der Waals surface area contributed by atoms with Crippen LogP contribution in [0.15, 0.2) is 47.4 Å². The average molecular weight is 447 g/mol. The van der Waals surface area contributed by atoms with Crippen molar-refractivity contribution in [2.24, 2.45) is 0 Å². The molecule has 31 heavy (non-hydrogen) atoms. The van der Waals surface area contributed by atoms with E-state index >= 15 is 0 Å². The normalized spacial score (nSPS) is 15.0. The summed E-state index contributed by atoms with van der Waals surface area (Å²) in [5.74, 6) is 0.702. The van der Waals surface area contributed by atoms with E-state index in [-0.39, 0.29) is 16.6 Å². The number of benzene rings is 2. The maximum absolute atomic E-state index is 13.0. The number of ether oxygens (including phenoxy) is 2. The Morgan fingerprint density at radius 3 is 2.35 bits per heavy atom. The first kappa shape index (κ1) is 23.1. The first-order valence-electron chi connectivity index (χ1n) is 10.5. The van der Waals surface area contributed by atoms with Gasteiger partial charge in [0, 0.05) is 19.6 Å². The number of amides is 1. The van der Waals surface area contributed by atoms with Gasteiger partial charge < -0.3 is 14.8 Å². The summed E-state index contributed by atoms with van der Waals surface area (Å²) in [7, 11) is -2.18. The smallest absolute Gasteiger partial charge is 0.255 e. The second kappa shape index (κ2) is 10.2. The van der Waals surface area contributed by atoms with Gasteiger partial charge in [-0.3, -0.25) is 4.79 Å². The Labute approximate surface area is 184 Å². The fourth-order valence-corrected chi connectivity index (χ4v) is 5.06. The molecule has 1 fully saturated rings. The summed E-state index contributed by atoms with van der Waals surface area (Å²) < 4.78 is 38.4. The molecule has 1 N–H and O–H groups in total. The highest BCUT2D eigenvalue weighted by molar-refractivity contribution is 7.89. The summed E-state index contributed by atoms with van der Waals surface area (Å²) >= 11 is 0. The Hall–Kier alpha value is -2.58. The molecule has 0 aliphatic carbocycles. The average Bonchev–Trinajstić information content (AvgIpc) is 2.78. The van der Waals surface area contributed by atoms with Crippen LogP contribution in [0, 0.1) is 0 Å². The molecule has 2 aromatic rings. The molecule has 1 saturated heterocycles. The molecule has 0 saturated carbocycles. The summed E-state index contributed by atoms with van der Waals surface area (Å²) in [6, 6.07) is 11.9.